The van der Waals surface area contributed by atoms with Crippen molar-refractivity contribution in [3.63, 3.8) is 0 Å². The highest BCUT2D eigenvalue weighted by Gasteiger charge is 2.33. The fraction of sp³-hybridized carbons (Fsp3) is 0.143. The van der Waals surface area contributed by atoms with E-state index in [1.807, 2.05) is 4.72 Å². The molecule has 0 unspecified atom stereocenters. The van der Waals surface area contributed by atoms with Crippen LogP contribution in [0.2, 0.25) is 0 Å². The molecule has 0 spiro atoms. The third-order valence-electron chi connectivity index (χ3n) is 2.88. The van der Waals surface area contributed by atoms with Crippen LogP contribution < -0.4 is 4.72 Å². The Balaban J connectivity index is 2.24. The molecule has 0 fully saturated rings. The predicted molar refractivity (Wildman–Crippen MR) is 71.9 cm³/mol. The van der Waals surface area contributed by atoms with Crippen LogP contribution in [0.4, 0.5) is 17.6 Å². The maximum Gasteiger partial charge on any atom is 0.416 e. The first-order valence-corrected chi connectivity index (χ1v) is 7.59. The molecule has 0 aromatic heterocycles. The average Bonchev–Trinajstić information content (AvgIpc) is 2.44. The Hall–Kier alpha value is -1.93. The summed E-state index contributed by atoms with van der Waals surface area (Å²) < 4.78 is 77.4. The topological polar surface area (TPSA) is 46.2 Å². The molecule has 3 nitrogen and oxygen atoms in total. The maximum atomic E-state index is 13.0. The minimum Gasteiger partial charge on any atom is -0.207 e. The Labute approximate surface area is 124 Å². The second-order valence-corrected chi connectivity index (χ2v) is 6.20. The SMILES string of the molecule is O=S(=O)(NCc1ccccc1C(F)(F)F)c1cccc(F)c1. The largest absolute Gasteiger partial charge is 0.416 e. The predicted octanol–water partition coefficient (Wildman–Crippen LogP) is 3.32. The van der Waals surface area contributed by atoms with E-state index in [0.717, 1.165) is 24.3 Å². The Morgan fingerprint density at radius 2 is 1.68 bits per heavy atom. The minimum atomic E-state index is -4.58. The zero-order valence-corrected chi connectivity index (χ0v) is 11.9. The summed E-state index contributed by atoms with van der Waals surface area (Å²) in [6.45, 7) is -0.547. The molecule has 22 heavy (non-hydrogen) atoms. The summed E-state index contributed by atoms with van der Waals surface area (Å²) in [6.07, 6.45) is -4.58. The van der Waals surface area contributed by atoms with E-state index < -0.39 is 34.1 Å². The first kappa shape index (κ1) is 16.4. The van der Waals surface area contributed by atoms with Crippen LogP contribution in [0, 0.1) is 5.82 Å². The Bertz CT molecular complexity index is 772. The lowest BCUT2D eigenvalue weighted by Gasteiger charge is -2.13. The molecule has 0 amide bonds. The van der Waals surface area contributed by atoms with Crippen LogP contribution in [0.1, 0.15) is 11.1 Å². The summed E-state index contributed by atoms with van der Waals surface area (Å²) in [5.41, 5.74) is -1.13. The number of nitrogens with one attached hydrogen (secondary N) is 1. The normalized spacial score (nSPS) is 12.4. The van der Waals surface area contributed by atoms with E-state index >= 15 is 0 Å². The van der Waals surface area contributed by atoms with Gasteiger partial charge in [-0.15, -0.1) is 0 Å². The standard InChI is InChI=1S/C14H11F4NO2S/c15-11-5-3-6-12(8-11)22(20,21)19-9-10-4-1-2-7-13(10)14(16,17)18/h1-8,19H,9H2. The molecule has 0 aliphatic heterocycles. The van der Waals surface area contributed by atoms with Crippen LogP contribution in [0.25, 0.3) is 0 Å². The first-order valence-electron chi connectivity index (χ1n) is 6.10. The van der Waals surface area contributed by atoms with Crippen LogP contribution in [-0.4, -0.2) is 8.42 Å². The number of halogens is 4. The third kappa shape index (κ3) is 3.83. The van der Waals surface area contributed by atoms with E-state index in [9.17, 15) is 26.0 Å². The van der Waals surface area contributed by atoms with Crippen LogP contribution in [-0.2, 0) is 22.7 Å². The molecule has 0 saturated heterocycles. The van der Waals surface area contributed by atoms with Crippen molar-refractivity contribution in [1.82, 2.24) is 4.72 Å². The van der Waals surface area contributed by atoms with Crippen molar-refractivity contribution in [2.75, 3.05) is 0 Å². The molecule has 0 aliphatic carbocycles. The van der Waals surface area contributed by atoms with Gasteiger partial charge in [-0.05, 0) is 29.8 Å². The van der Waals surface area contributed by atoms with Crippen LogP contribution in [0.3, 0.4) is 0 Å². The molecule has 1 N–H and O–H groups in total. The van der Waals surface area contributed by atoms with Gasteiger partial charge in [-0.2, -0.15) is 13.2 Å². The highest BCUT2D eigenvalue weighted by Crippen LogP contribution is 2.31. The first-order chi connectivity index (χ1) is 10.2. The summed E-state index contributed by atoms with van der Waals surface area (Å²) in [7, 11) is -4.10. The Morgan fingerprint density at radius 1 is 1.00 bits per heavy atom. The van der Waals surface area contributed by atoms with Gasteiger partial charge in [0.05, 0.1) is 10.5 Å². The van der Waals surface area contributed by atoms with E-state index in [4.69, 9.17) is 0 Å². The number of sulfonamides is 1. The quantitative estimate of drug-likeness (QED) is 0.873. The van der Waals surface area contributed by atoms with Gasteiger partial charge in [0.25, 0.3) is 0 Å². The molecule has 118 valence electrons. The fourth-order valence-corrected chi connectivity index (χ4v) is 2.88. The lowest BCUT2D eigenvalue weighted by Crippen LogP contribution is -2.25. The van der Waals surface area contributed by atoms with Gasteiger partial charge < -0.3 is 0 Å². The monoisotopic (exact) mass is 333 g/mol. The van der Waals surface area contributed by atoms with Crippen molar-refractivity contribution >= 4 is 10.0 Å². The van der Waals surface area contributed by atoms with E-state index in [1.54, 1.807) is 0 Å². The van der Waals surface area contributed by atoms with Gasteiger partial charge in [-0.3, -0.25) is 0 Å². The molecule has 0 bridgehead atoms. The lowest BCUT2D eigenvalue weighted by atomic mass is 10.1. The Morgan fingerprint density at radius 3 is 2.32 bits per heavy atom. The second kappa shape index (κ2) is 6.05. The van der Waals surface area contributed by atoms with E-state index in [1.165, 1.54) is 24.3 Å². The molecule has 0 saturated carbocycles. The summed E-state index contributed by atoms with van der Waals surface area (Å²) in [6, 6.07) is 8.85. The molecule has 8 heteroatoms. The highest BCUT2D eigenvalue weighted by atomic mass is 32.2. The molecular weight excluding hydrogens is 322 g/mol. The van der Waals surface area contributed by atoms with Gasteiger partial charge in [0.2, 0.25) is 10.0 Å². The number of rotatable bonds is 4. The van der Waals surface area contributed by atoms with Crippen molar-refractivity contribution in [3.8, 4) is 0 Å². The molecule has 0 radical (unpaired) electrons. The summed E-state index contributed by atoms with van der Waals surface area (Å²) in [4.78, 5) is -0.350. The molecular formula is C14H11F4NO2S. The lowest BCUT2D eigenvalue weighted by molar-refractivity contribution is -0.138. The van der Waals surface area contributed by atoms with E-state index in [2.05, 4.69) is 0 Å². The van der Waals surface area contributed by atoms with Crippen molar-refractivity contribution in [3.05, 3.63) is 65.5 Å². The van der Waals surface area contributed by atoms with Crippen molar-refractivity contribution < 1.29 is 26.0 Å². The van der Waals surface area contributed by atoms with Gasteiger partial charge >= 0.3 is 6.18 Å². The van der Waals surface area contributed by atoms with Gasteiger partial charge in [0, 0.05) is 6.54 Å². The maximum absolute atomic E-state index is 13.0. The van der Waals surface area contributed by atoms with Crippen LogP contribution in [0.5, 0.6) is 0 Å². The summed E-state index contributed by atoms with van der Waals surface area (Å²) in [5.74, 6) is -0.751. The molecule has 2 aromatic carbocycles. The third-order valence-corrected chi connectivity index (χ3v) is 4.28. The van der Waals surface area contributed by atoms with Gasteiger partial charge in [-0.25, -0.2) is 17.5 Å². The average molecular weight is 333 g/mol. The minimum absolute atomic E-state index is 0.213. The van der Waals surface area contributed by atoms with Gasteiger partial charge in [0.15, 0.2) is 0 Å². The van der Waals surface area contributed by atoms with E-state index in [-0.39, 0.29) is 10.5 Å². The molecule has 2 aromatic rings. The van der Waals surface area contributed by atoms with Gasteiger partial charge in [0.1, 0.15) is 5.82 Å². The van der Waals surface area contributed by atoms with Gasteiger partial charge in [-0.1, -0.05) is 24.3 Å². The van der Waals surface area contributed by atoms with Crippen molar-refractivity contribution in [2.45, 2.75) is 17.6 Å². The zero-order chi connectivity index (χ0) is 16.4. The van der Waals surface area contributed by atoms with E-state index in [0.29, 0.717) is 0 Å². The highest BCUT2D eigenvalue weighted by molar-refractivity contribution is 7.89. The summed E-state index contributed by atoms with van der Waals surface area (Å²) in [5, 5.41) is 0. The number of hydrogen-bond donors (Lipinski definition) is 1. The van der Waals surface area contributed by atoms with Crippen molar-refractivity contribution in [2.24, 2.45) is 0 Å². The fourth-order valence-electron chi connectivity index (χ4n) is 1.84. The zero-order valence-electron chi connectivity index (χ0n) is 11.1. The Kier molecular flexibility index (Phi) is 4.52. The molecule has 0 aliphatic rings. The van der Waals surface area contributed by atoms with Crippen LogP contribution >= 0.6 is 0 Å². The molecule has 2 rings (SSSR count). The smallest absolute Gasteiger partial charge is 0.207 e. The second-order valence-electron chi connectivity index (χ2n) is 4.44. The van der Waals surface area contributed by atoms with Crippen molar-refractivity contribution in [1.29, 1.82) is 0 Å². The molecule has 0 heterocycles. The number of benzene rings is 2. The molecule has 0 atom stereocenters. The number of hydrogen-bond acceptors (Lipinski definition) is 2. The van der Waals surface area contributed by atoms with Crippen LogP contribution in [0.15, 0.2) is 53.4 Å². The summed E-state index contributed by atoms with van der Waals surface area (Å²) >= 11 is 0. The number of alkyl halides is 3.